The summed E-state index contributed by atoms with van der Waals surface area (Å²) in [6.07, 6.45) is 1.35. The first kappa shape index (κ1) is 23.4. The smallest absolute Gasteiger partial charge is 0.335 e. The number of benzene rings is 3. The van der Waals surface area contributed by atoms with Crippen LogP contribution in [0.1, 0.15) is 27.0 Å². The number of carbonyl (C=O) groups is 1. The molecular weight excluding hydrogens is 448 g/mol. The first-order valence-corrected chi connectivity index (χ1v) is 11.1. The van der Waals surface area contributed by atoms with E-state index >= 15 is 0 Å². The molecule has 0 radical (unpaired) electrons. The van der Waals surface area contributed by atoms with E-state index in [0.717, 1.165) is 17.2 Å². The molecule has 11 heteroatoms. The Balaban J connectivity index is 1.82. The van der Waals surface area contributed by atoms with Gasteiger partial charge in [0.15, 0.2) is 0 Å². The zero-order valence-electron chi connectivity index (χ0n) is 17.6. The highest BCUT2D eigenvalue weighted by Crippen LogP contribution is 2.29. The quantitative estimate of drug-likeness (QED) is 0.255. The molecule has 3 rings (SSSR count). The molecule has 3 aromatic carbocycles. The molecule has 0 aliphatic carbocycles. The Morgan fingerprint density at radius 3 is 2.30 bits per heavy atom. The monoisotopic (exact) mass is 468 g/mol. The predicted octanol–water partition coefficient (Wildman–Crippen LogP) is 4.16. The van der Waals surface area contributed by atoms with Crippen LogP contribution < -0.4 is 10.1 Å². The van der Waals surface area contributed by atoms with Gasteiger partial charge in [0.2, 0.25) is 0 Å². The van der Waals surface area contributed by atoms with Gasteiger partial charge >= 0.3 is 5.97 Å². The Morgan fingerprint density at radius 2 is 1.70 bits per heavy atom. The molecule has 33 heavy (non-hydrogen) atoms. The fourth-order valence-electron chi connectivity index (χ4n) is 2.94. The fourth-order valence-corrected chi connectivity index (χ4v) is 4.09. The van der Waals surface area contributed by atoms with Crippen molar-refractivity contribution in [1.82, 2.24) is 0 Å². The molecular formula is C22H20N4O6S. The number of nitrogens with one attached hydrogen (secondary N) is 2. The largest absolute Gasteiger partial charge is 0.478 e. The van der Waals surface area contributed by atoms with Crippen LogP contribution in [0.25, 0.3) is 0 Å². The summed E-state index contributed by atoms with van der Waals surface area (Å²) in [5.41, 5.74) is 4.78. The maximum Gasteiger partial charge on any atom is 0.335 e. The summed E-state index contributed by atoms with van der Waals surface area (Å²) in [5, 5.41) is 24.4. The van der Waals surface area contributed by atoms with Crippen LogP contribution in [0, 0.1) is 24.0 Å². The number of rotatable bonds is 8. The second-order valence-electron chi connectivity index (χ2n) is 7.16. The summed E-state index contributed by atoms with van der Waals surface area (Å²) >= 11 is 0. The second-order valence-corrected chi connectivity index (χ2v) is 8.84. The Hall–Kier alpha value is -4.25. The number of nitro groups is 1. The summed E-state index contributed by atoms with van der Waals surface area (Å²) in [5.74, 6) is -1.06. The molecule has 3 aromatic rings. The van der Waals surface area contributed by atoms with Crippen LogP contribution in [0.15, 0.2) is 70.7 Å². The average molecular weight is 468 g/mol. The maximum absolute atomic E-state index is 12.8. The van der Waals surface area contributed by atoms with Crippen LogP contribution >= 0.6 is 0 Å². The number of nitro benzene ring substituents is 1. The molecule has 0 spiro atoms. The van der Waals surface area contributed by atoms with Crippen LogP contribution in [0.5, 0.6) is 0 Å². The van der Waals surface area contributed by atoms with Crippen molar-refractivity contribution in [3.63, 3.8) is 0 Å². The highest BCUT2D eigenvalue weighted by Gasteiger charge is 2.22. The molecule has 0 bridgehead atoms. The van der Waals surface area contributed by atoms with Crippen molar-refractivity contribution in [2.24, 2.45) is 5.10 Å². The van der Waals surface area contributed by atoms with Gasteiger partial charge in [-0.1, -0.05) is 29.8 Å². The van der Waals surface area contributed by atoms with Gasteiger partial charge in [0.1, 0.15) is 5.69 Å². The van der Waals surface area contributed by atoms with E-state index in [1.54, 1.807) is 19.1 Å². The molecule has 170 valence electrons. The zero-order valence-corrected chi connectivity index (χ0v) is 18.5. The molecule has 10 nitrogen and oxygen atoms in total. The number of hydrogen-bond acceptors (Lipinski definition) is 7. The van der Waals surface area contributed by atoms with E-state index < -0.39 is 26.6 Å². The summed E-state index contributed by atoms with van der Waals surface area (Å²) in [6.45, 7) is 3.64. The number of anilines is 2. The number of nitrogens with zero attached hydrogens (tertiary/aromatic N) is 2. The van der Waals surface area contributed by atoms with E-state index in [9.17, 15) is 23.3 Å². The maximum atomic E-state index is 12.8. The lowest BCUT2D eigenvalue weighted by molar-refractivity contribution is -0.384. The van der Waals surface area contributed by atoms with Crippen LogP contribution in [-0.2, 0) is 10.0 Å². The van der Waals surface area contributed by atoms with Crippen molar-refractivity contribution in [3.05, 3.63) is 93.0 Å². The number of carboxylic acid groups (broad SMARTS) is 1. The van der Waals surface area contributed by atoms with Crippen LogP contribution in [-0.4, -0.2) is 30.6 Å². The van der Waals surface area contributed by atoms with Crippen molar-refractivity contribution in [2.45, 2.75) is 18.7 Å². The number of hydrazone groups is 1. The van der Waals surface area contributed by atoms with E-state index in [1.807, 2.05) is 13.0 Å². The number of sulfonamides is 1. The molecule has 0 aliphatic rings. The third-order valence-electron chi connectivity index (χ3n) is 4.66. The summed E-state index contributed by atoms with van der Waals surface area (Å²) < 4.78 is 28.0. The summed E-state index contributed by atoms with van der Waals surface area (Å²) in [7, 11) is -4.06. The SMILES string of the molecule is Cc1ccc(NS(=O)(=O)c2ccc(N/N=C/c3ccc(C(=O)O)cc3)c([N+](=O)[O-])c2)c(C)c1. The van der Waals surface area contributed by atoms with Gasteiger partial charge in [-0.25, -0.2) is 13.2 Å². The summed E-state index contributed by atoms with van der Waals surface area (Å²) in [6, 6.07) is 14.5. The van der Waals surface area contributed by atoms with Gasteiger partial charge in [0.25, 0.3) is 15.7 Å². The standard InChI is InChI=1S/C22H20N4O6S/c1-14-3-9-19(15(2)11-14)25-33(31,32)18-8-10-20(21(12-18)26(29)30)24-23-13-16-4-6-17(7-5-16)22(27)28/h3-13,24-25H,1-2H3,(H,27,28)/b23-13+. The molecule has 0 aromatic heterocycles. The molecule has 0 fully saturated rings. The minimum atomic E-state index is -4.06. The van der Waals surface area contributed by atoms with Gasteiger partial charge in [-0.15, -0.1) is 0 Å². The average Bonchev–Trinajstić information content (AvgIpc) is 2.76. The number of aromatic carboxylic acids is 1. The predicted molar refractivity (Wildman–Crippen MR) is 124 cm³/mol. The lowest BCUT2D eigenvalue weighted by Gasteiger charge is -2.12. The van der Waals surface area contributed by atoms with E-state index in [4.69, 9.17) is 5.11 Å². The second kappa shape index (κ2) is 9.49. The van der Waals surface area contributed by atoms with Gasteiger partial charge in [-0.2, -0.15) is 5.10 Å². The van der Waals surface area contributed by atoms with E-state index in [-0.39, 0.29) is 16.1 Å². The van der Waals surface area contributed by atoms with Gasteiger partial charge in [-0.05, 0) is 55.3 Å². The van der Waals surface area contributed by atoms with Gasteiger partial charge < -0.3 is 5.11 Å². The highest BCUT2D eigenvalue weighted by atomic mass is 32.2. The minimum absolute atomic E-state index is 0.0103. The molecule has 0 amide bonds. The van der Waals surface area contributed by atoms with Crippen molar-refractivity contribution in [2.75, 3.05) is 10.1 Å². The molecule has 0 unspecified atom stereocenters. The van der Waals surface area contributed by atoms with Gasteiger partial charge in [-0.3, -0.25) is 20.3 Å². The van der Waals surface area contributed by atoms with Crippen LogP contribution in [0.4, 0.5) is 17.1 Å². The molecule has 0 atom stereocenters. The van der Waals surface area contributed by atoms with Gasteiger partial charge in [0.05, 0.1) is 27.3 Å². The third-order valence-corrected chi connectivity index (χ3v) is 6.02. The van der Waals surface area contributed by atoms with Crippen LogP contribution in [0.2, 0.25) is 0 Å². The first-order chi connectivity index (χ1) is 15.6. The first-order valence-electron chi connectivity index (χ1n) is 9.58. The molecule has 0 saturated heterocycles. The normalized spacial score (nSPS) is 11.3. The molecule has 0 heterocycles. The number of hydrogen-bond donors (Lipinski definition) is 3. The Labute approximate surface area is 189 Å². The van der Waals surface area contributed by atoms with E-state index in [1.165, 1.54) is 42.6 Å². The van der Waals surface area contributed by atoms with Crippen molar-refractivity contribution in [1.29, 1.82) is 0 Å². The minimum Gasteiger partial charge on any atom is -0.478 e. The van der Waals surface area contributed by atoms with E-state index in [2.05, 4.69) is 15.2 Å². The van der Waals surface area contributed by atoms with Crippen molar-refractivity contribution >= 4 is 39.3 Å². The molecule has 0 aliphatic heterocycles. The summed E-state index contributed by atoms with van der Waals surface area (Å²) in [4.78, 5) is 21.4. The van der Waals surface area contributed by atoms with Crippen molar-refractivity contribution < 1.29 is 23.2 Å². The van der Waals surface area contributed by atoms with E-state index in [0.29, 0.717) is 11.3 Å². The highest BCUT2D eigenvalue weighted by molar-refractivity contribution is 7.92. The van der Waals surface area contributed by atoms with Gasteiger partial charge in [0, 0.05) is 6.07 Å². The molecule has 3 N–H and O–H groups in total. The Kier molecular flexibility index (Phi) is 6.73. The van der Waals surface area contributed by atoms with Crippen LogP contribution in [0.3, 0.4) is 0 Å². The van der Waals surface area contributed by atoms with Crippen molar-refractivity contribution in [3.8, 4) is 0 Å². The fraction of sp³-hybridized carbons (Fsp3) is 0.0909. The number of aryl methyl sites for hydroxylation is 2. The molecule has 0 saturated carbocycles. The lowest BCUT2D eigenvalue weighted by Crippen LogP contribution is -2.14. The lowest BCUT2D eigenvalue weighted by atomic mass is 10.1. The Morgan fingerprint density at radius 1 is 1.03 bits per heavy atom. The topological polar surface area (TPSA) is 151 Å². The Bertz CT molecular complexity index is 1350. The number of carboxylic acids is 1. The third kappa shape index (κ3) is 5.71. The zero-order chi connectivity index (χ0) is 24.2.